The molecule has 0 spiro atoms. The van der Waals surface area contributed by atoms with Gasteiger partial charge in [0, 0.05) is 16.6 Å². The van der Waals surface area contributed by atoms with Crippen LogP contribution >= 0.6 is 11.6 Å². The number of anilines is 1. The zero-order valence-electron chi connectivity index (χ0n) is 11.7. The molecule has 1 fully saturated rings. The number of carbonyl (C=O) groups is 1. The van der Waals surface area contributed by atoms with E-state index in [9.17, 15) is 4.79 Å². The minimum atomic E-state index is 0.0501. The lowest BCUT2D eigenvalue weighted by Crippen LogP contribution is -2.14. The Morgan fingerprint density at radius 2 is 1.81 bits per heavy atom. The number of carbonyl (C=O) groups excluding carboxylic acids is 1. The molecule has 3 nitrogen and oxygen atoms in total. The van der Waals surface area contributed by atoms with E-state index in [-0.39, 0.29) is 11.8 Å². The van der Waals surface area contributed by atoms with Crippen LogP contribution in [0.3, 0.4) is 0 Å². The van der Waals surface area contributed by atoms with Crippen molar-refractivity contribution in [3.63, 3.8) is 0 Å². The Kier molecular flexibility index (Phi) is 3.84. The van der Waals surface area contributed by atoms with Crippen LogP contribution in [0.2, 0.25) is 5.02 Å². The van der Waals surface area contributed by atoms with Crippen molar-refractivity contribution in [1.29, 1.82) is 0 Å². The molecule has 0 bridgehead atoms. The number of amides is 1. The Balaban J connectivity index is 1.61. The number of ether oxygens (including phenoxy) is 1. The number of hydrogen-bond donors (Lipinski definition) is 1. The summed E-state index contributed by atoms with van der Waals surface area (Å²) in [6.45, 7) is 0. The molecule has 1 N–H and O–H groups in total. The van der Waals surface area contributed by atoms with Gasteiger partial charge < -0.3 is 10.1 Å². The standard InChI is InChI=1S/C17H16ClNO2/c1-21-14-8-2-11(3-9-14)15-10-16(15)17(20)19-13-6-4-12(18)5-7-13/h2-9,15-16H,10H2,1H3,(H,19,20). The van der Waals surface area contributed by atoms with E-state index in [1.165, 1.54) is 5.56 Å². The molecule has 0 heterocycles. The summed E-state index contributed by atoms with van der Waals surface area (Å²) < 4.78 is 5.14. The predicted molar refractivity (Wildman–Crippen MR) is 83.9 cm³/mol. The predicted octanol–water partition coefficient (Wildman–Crippen LogP) is 4.09. The third-order valence-corrected chi connectivity index (χ3v) is 4.03. The highest BCUT2D eigenvalue weighted by atomic mass is 35.5. The van der Waals surface area contributed by atoms with Crippen LogP contribution < -0.4 is 10.1 Å². The molecular weight excluding hydrogens is 286 g/mol. The summed E-state index contributed by atoms with van der Waals surface area (Å²) in [7, 11) is 1.65. The van der Waals surface area contributed by atoms with E-state index >= 15 is 0 Å². The number of nitrogens with one attached hydrogen (secondary N) is 1. The van der Waals surface area contributed by atoms with Crippen molar-refractivity contribution in [3.8, 4) is 5.75 Å². The van der Waals surface area contributed by atoms with Gasteiger partial charge in [0.15, 0.2) is 0 Å². The first kappa shape index (κ1) is 14.0. The normalized spacial score (nSPS) is 19.9. The van der Waals surface area contributed by atoms with Crippen molar-refractivity contribution in [1.82, 2.24) is 0 Å². The van der Waals surface area contributed by atoms with Crippen LogP contribution in [0.5, 0.6) is 5.75 Å². The molecular formula is C17H16ClNO2. The number of methoxy groups -OCH3 is 1. The molecule has 2 aromatic rings. The van der Waals surface area contributed by atoms with E-state index in [0.29, 0.717) is 10.9 Å². The minimum Gasteiger partial charge on any atom is -0.497 e. The lowest BCUT2D eigenvalue weighted by atomic mass is 10.1. The summed E-state index contributed by atoms with van der Waals surface area (Å²) in [6, 6.07) is 15.1. The van der Waals surface area contributed by atoms with Crippen LogP contribution in [-0.4, -0.2) is 13.0 Å². The van der Waals surface area contributed by atoms with Crippen molar-refractivity contribution in [3.05, 3.63) is 59.1 Å². The van der Waals surface area contributed by atoms with E-state index in [1.54, 1.807) is 19.2 Å². The van der Waals surface area contributed by atoms with Crippen LogP contribution in [-0.2, 0) is 4.79 Å². The van der Waals surface area contributed by atoms with Gasteiger partial charge in [0.05, 0.1) is 7.11 Å². The number of rotatable bonds is 4. The molecule has 1 saturated carbocycles. The second-order valence-electron chi connectivity index (χ2n) is 5.22. The van der Waals surface area contributed by atoms with Crippen molar-refractivity contribution in [2.75, 3.05) is 12.4 Å². The van der Waals surface area contributed by atoms with Crippen molar-refractivity contribution < 1.29 is 9.53 Å². The SMILES string of the molecule is COc1ccc(C2CC2C(=O)Nc2ccc(Cl)cc2)cc1. The number of hydrogen-bond acceptors (Lipinski definition) is 2. The van der Waals surface area contributed by atoms with E-state index in [4.69, 9.17) is 16.3 Å². The van der Waals surface area contributed by atoms with E-state index in [1.807, 2.05) is 36.4 Å². The molecule has 1 aliphatic rings. The fraction of sp³-hybridized carbons (Fsp3) is 0.235. The van der Waals surface area contributed by atoms with Gasteiger partial charge in [-0.1, -0.05) is 23.7 Å². The fourth-order valence-electron chi connectivity index (χ4n) is 2.47. The molecule has 3 rings (SSSR count). The van der Waals surface area contributed by atoms with Crippen LogP contribution in [0, 0.1) is 5.92 Å². The first-order valence-corrected chi connectivity index (χ1v) is 7.25. The molecule has 4 heteroatoms. The summed E-state index contributed by atoms with van der Waals surface area (Å²) in [5.41, 5.74) is 1.97. The Bertz CT molecular complexity index is 637. The summed E-state index contributed by atoms with van der Waals surface area (Å²) in [5.74, 6) is 1.26. The zero-order chi connectivity index (χ0) is 14.8. The topological polar surface area (TPSA) is 38.3 Å². The average Bonchev–Trinajstić information content (AvgIpc) is 3.30. The highest BCUT2D eigenvalue weighted by molar-refractivity contribution is 6.30. The first-order valence-electron chi connectivity index (χ1n) is 6.88. The Labute approximate surface area is 128 Å². The lowest BCUT2D eigenvalue weighted by molar-refractivity contribution is -0.117. The van der Waals surface area contributed by atoms with Gasteiger partial charge >= 0.3 is 0 Å². The molecule has 2 aromatic carbocycles. The van der Waals surface area contributed by atoms with Gasteiger partial charge in [0.2, 0.25) is 5.91 Å². The van der Waals surface area contributed by atoms with Gasteiger partial charge in [-0.25, -0.2) is 0 Å². The second kappa shape index (κ2) is 5.78. The molecule has 2 unspecified atom stereocenters. The van der Waals surface area contributed by atoms with Crippen LogP contribution in [0.4, 0.5) is 5.69 Å². The van der Waals surface area contributed by atoms with Gasteiger partial charge in [0.1, 0.15) is 5.75 Å². The molecule has 21 heavy (non-hydrogen) atoms. The largest absolute Gasteiger partial charge is 0.497 e. The van der Waals surface area contributed by atoms with E-state index in [2.05, 4.69) is 5.32 Å². The van der Waals surface area contributed by atoms with Gasteiger partial charge in [-0.2, -0.15) is 0 Å². The van der Waals surface area contributed by atoms with Gasteiger partial charge in [-0.15, -0.1) is 0 Å². The molecule has 0 radical (unpaired) electrons. The summed E-state index contributed by atoms with van der Waals surface area (Å²) in [6.07, 6.45) is 0.895. The summed E-state index contributed by atoms with van der Waals surface area (Å²) in [5, 5.41) is 3.59. The maximum absolute atomic E-state index is 12.2. The van der Waals surface area contributed by atoms with Crippen LogP contribution in [0.25, 0.3) is 0 Å². The number of halogens is 1. The van der Waals surface area contributed by atoms with Crippen LogP contribution in [0.1, 0.15) is 17.9 Å². The molecule has 2 atom stereocenters. The number of benzene rings is 2. The quantitative estimate of drug-likeness (QED) is 0.923. The molecule has 1 amide bonds. The zero-order valence-corrected chi connectivity index (χ0v) is 12.4. The first-order chi connectivity index (χ1) is 10.2. The maximum atomic E-state index is 12.2. The lowest BCUT2D eigenvalue weighted by Gasteiger charge is -2.05. The Morgan fingerprint density at radius 1 is 1.14 bits per heavy atom. The van der Waals surface area contributed by atoms with Crippen molar-refractivity contribution >= 4 is 23.2 Å². The maximum Gasteiger partial charge on any atom is 0.228 e. The molecule has 1 aliphatic carbocycles. The van der Waals surface area contributed by atoms with Gasteiger partial charge in [0.25, 0.3) is 0 Å². The minimum absolute atomic E-state index is 0.0501. The molecule has 108 valence electrons. The Morgan fingerprint density at radius 3 is 2.43 bits per heavy atom. The highest BCUT2D eigenvalue weighted by Gasteiger charge is 2.43. The molecule has 0 saturated heterocycles. The van der Waals surface area contributed by atoms with Crippen molar-refractivity contribution in [2.24, 2.45) is 5.92 Å². The Hall–Kier alpha value is -2.00. The third kappa shape index (κ3) is 3.19. The fourth-order valence-corrected chi connectivity index (χ4v) is 2.60. The molecule has 0 aliphatic heterocycles. The highest BCUT2D eigenvalue weighted by Crippen LogP contribution is 2.48. The summed E-state index contributed by atoms with van der Waals surface area (Å²) in [4.78, 5) is 12.2. The smallest absolute Gasteiger partial charge is 0.228 e. The van der Waals surface area contributed by atoms with Gasteiger partial charge in [-0.3, -0.25) is 4.79 Å². The van der Waals surface area contributed by atoms with E-state index < -0.39 is 0 Å². The van der Waals surface area contributed by atoms with E-state index in [0.717, 1.165) is 17.9 Å². The summed E-state index contributed by atoms with van der Waals surface area (Å²) >= 11 is 5.83. The van der Waals surface area contributed by atoms with Gasteiger partial charge in [-0.05, 0) is 54.3 Å². The second-order valence-corrected chi connectivity index (χ2v) is 5.65. The molecule has 0 aromatic heterocycles. The monoisotopic (exact) mass is 301 g/mol. The average molecular weight is 302 g/mol. The van der Waals surface area contributed by atoms with Crippen LogP contribution in [0.15, 0.2) is 48.5 Å². The van der Waals surface area contributed by atoms with Crippen molar-refractivity contribution in [2.45, 2.75) is 12.3 Å². The third-order valence-electron chi connectivity index (χ3n) is 3.78.